The summed E-state index contributed by atoms with van der Waals surface area (Å²) in [5.41, 5.74) is 1.45. The van der Waals surface area contributed by atoms with E-state index in [-0.39, 0.29) is 17.5 Å². The Morgan fingerprint density at radius 1 is 1.12 bits per heavy atom. The molecule has 0 saturated heterocycles. The van der Waals surface area contributed by atoms with Gasteiger partial charge in [-0.1, -0.05) is 43.6 Å². The normalized spacial score (nSPS) is 12.8. The van der Waals surface area contributed by atoms with Crippen LogP contribution < -0.4 is 10.9 Å². The predicted octanol–water partition coefficient (Wildman–Crippen LogP) is 5.87. The Morgan fingerprint density at radius 2 is 1.79 bits per heavy atom. The second-order valence-corrected chi connectivity index (χ2v) is 10.3. The molecule has 3 aromatic rings. The molecule has 0 saturated carbocycles. The zero-order valence-electron chi connectivity index (χ0n) is 20.4. The maximum atomic E-state index is 13.7. The number of fused-ring (bicyclic) bond motifs is 1. The lowest BCUT2D eigenvalue weighted by Gasteiger charge is -2.34. The van der Waals surface area contributed by atoms with E-state index in [1.807, 2.05) is 65.0 Å². The largest absolute Gasteiger partial charge is 0.333 e. The second-order valence-electron chi connectivity index (χ2n) is 9.91. The molecule has 0 bridgehead atoms. The highest BCUT2D eigenvalue weighted by Crippen LogP contribution is 2.27. The number of carbonyl (C=O) groups is 1. The van der Waals surface area contributed by atoms with Gasteiger partial charge in [0.15, 0.2) is 0 Å². The number of amides is 2. The van der Waals surface area contributed by atoms with E-state index < -0.39 is 11.6 Å². The van der Waals surface area contributed by atoms with Crippen LogP contribution in [0.5, 0.6) is 0 Å². The number of hydrogen-bond donors (Lipinski definition) is 1. The molecule has 1 N–H and O–H groups in total. The minimum atomic E-state index is -0.467. The third-order valence-electron chi connectivity index (χ3n) is 5.43. The molecule has 0 fully saturated rings. The van der Waals surface area contributed by atoms with E-state index in [0.29, 0.717) is 34.0 Å². The SMILES string of the molecule is Cc1c(Cl)cccc1-n1c(C(C)N(CC(C)C)C(=O)NC(C)(C)C)nc2ccccc2c1=O. The number of halogens is 1. The Hall–Kier alpha value is -2.86. The Kier molecular flexibility index (Phi) is 7.17. The Bertz CT molecular complexity index is 1230. The first-order valence-electron chi connectivity index (χ1n) is 11.3. The summed E-state index contributed by atoms with van der Waals surface area (Å²) in [7, 11) is 0. The summed E-state index contributed by atoms with van der Waals surface area (Å²) >= 11 is 6.41. The molecule has 2 amide bonds. The van der Waals surface area contributed by atoms with Crippen LogP contribution in [0.2, 0.25) is 5.02 Å². The van der Waals surface area contributed by atoms with E-state index in [4.69, 9.17) is 16.6 Å². The molecule has 2 aromatic carbocycles. The van der Waals surface area contributed by atoms with Crippen molar-refractivity contribution in [1.29, 1.82) is 0 Å². The molecule has 33 heavy (non-hydrogen) atoms. The van der Waals surface area contributed by atoms with Crippen LogP contribution in [0.15, 0.2) is 47.3 Å². The molecule has 0 aliphatic carbocycles. The number of carbonyl (C=O) groups excluding carboxylic acids is 1. The van der Waals surface area contributed by atoms with E-state index >= 15 is 0 Å². The lowest BCUT2D eigenvalue weighted by Crippen LogP contribution is -2.50. The van der Waals surface area contributed by atoms with Gasteiger partial charge in [0, 0.05) is 17.1 Å². The van der Waals surface area contributed by atoms with Gasteiger partial charge in [-0.15, -0.1) is 0 Å². The summed E-state index contributed by atoms with van der Waals surface area (Å²) in [6.07, 6.45) is 0. The van der Waals surface area contributed by atoms with Crippen LogP contribution in [0.1, 0.15) is 59.0 Å². The highest BCUT2D eigenvalue weighted by atomic mass is 35.5. The minimum absolute atomic E-state index is 0.187. The van der Waals surface area contributed by atoms with Gasteiger partial charge in [0.25, 0.3) is 5.56 Å². The number of para-hydroxylation sites is 1. The number of benzene rings is 2. The average molecular weight is 469 g/mol. The zero-order chi connectivity index (χ0) is 24.5. The molecule has 3 rings (SSSR count). The van der Waals surface area contributed by atoms with Crippen LogP contribution in [-0.2, 0) is 0 Å². The molecule has 6 nitrogen and oxygen atoms in total. The maximum absolute atomic E-state index is 13.7. The standard InChI is InChI=1S/C26H33ClN4O2/c1-16(2)15-30(25(33)29-26(5,6)7)18(4)23-28-21-13-9-8-11-19(21)24(32)31(23)22-14-10-12-20(27)17(22)3/h8-14,16,18H,15H2,1-7H3,(H,29,33). The second kappa shape index (κ2) is 9.56. The van der Waals surface area contributed by atoms with Gasteiger partial charge in [0.2, 0.25) is 0 Å². The molecule has 1 unspecified atom stereocenters. The Morgan fingerprint density at radius 3 is 2.42 bits per heavy atom. The van der Waals surface area contributed by atoms with Crippen LogP contribution in [0.4, 0.5) is 4.79 Å². The summed E-state index contributed by atoms with van der Waals surface area (Å²) in [4.78, 5) is 33.7. The molecular formula is C26H33ClN4O2. The Balaban J connectivity index is 2.28. The molecular weight excluding hydrogens is 436 g/mol. The third kappa shape index (κ3) is 5.38. The van der Waals surface area contributed by atoms with Crippen LogP contribution >= 0.6 is 11.6 Å². The lowest BCUT2D eigenvalue weighted by molar-refractivity contribution is 0.158. The van der Waals surface area contributed by atoms with Crippen LogP contribution in [-0.4, -0.2) is 32.6 Å². The fourth-order valence-corrected chi connectivity index (χ4v) is 4.01. The summed E-state index contributed by atoms with van der Waals surface area (Å²) in [6, 6.07) is 12.1. The monoisotopic (exact) mass is 468 g/mol. The molecule has 1 aromatic heterocycles. The average Bonchev–Trinajstić information content (AvgIpc) is 2.72. The number of nitrogens with one attached hydrogen (secondary N) is 1. The van der Waals surface area contributed by atoms with Gasteiger partial charge in [-0.25, -0.2) is 9.78 Å². The van der Waals surface area contributed by atoms with Crippen molar-refractivity contribution >= 4 is 28.5 Å². The van der Waals surface area contributed by atoms with Crippen molar-refractivity contribution in [2.45, 2.75) is 60.0 Å². The number of aromatic nitrogens is 2. The number of urea groups is 1. The van der Waals surface area contributed by atoms with Crippen molar-refractivity contribution in [1.82, 2.24) is 19.8 Å². The molecule has 7 heteroatoms. The van der Waals surface area contributed by atoms with E-state index in [2.05, 4.69) is 19.2 Å². The van der Waals surface area contributed by atoms with Crippen molar-refractivity contribution in [2.24, 2.45) is 5.92 Å². The van der Waals surface area contributed by atoms with Gasteiger partial charge in [0.1, 0.15) is 5.82 Å². The summed E-state index contributed by atoms with van der Waals surface area (Å²) in [6.45, 7) is 14.3. The quantitative estimate of drug-likeness (QED) is 0.508. The van der Waals surface area contributed by atoms with Gasteiger partial charge in [-0.3, -0.25) is 9.36 Å². The first kappa shape index (κ1) is 24.8. The first-order valence-corrected chi connectivity index (χ1v) is 11.6. The van der Waals surface area contributed by atoms with Crippen LogP contribution in [0.25, 0.3) is 16.6 Å². The van der Waals surface area contributed by atoms with E-state index in [1.165, 1.54) is 0 Å². The van der Waals surface area contributed by atoms with Crippen LogP contribution in [0, 0.1) is 12.8 Å². The Labute approximate surface area is 200 Å². The van der Waals surface area contributed by atoms with Crippen molar-refractivity contribution in [3.8, 4) is 5.69 Å². The fraction of sp³-hybridized carbons (Fsp3) is 0.423. The summed E-state index contributed by atoms with van der Waals surface area (Å²) in [5.74, 6) is 0.723. The van der Waals surface area contributed by atoms with E-state index in [1.54, 1.807) is 21.6 Å². The number of nitrogens with zero attached hydrogens (tertiary/aromatic N) is 3. The van der Waals surface area contributed by atoms with Gasteiger partial charge >= 0.3 is 6.03 Å². The predicted molar refractivity (Wildman–Crippen MR) is 135 cm³/mol. The minimum Gasteiger partial charge on any atom is -0.333 e. The number of hydrogen-bond acceptors (Lipinski definition) is 3. The molecule has 1 heterocycles. The summed E-state index contributed by atoms with van der Waals surface area (Å²) in [5, 5.41) is 4.14. The van der Waals surface area contributed by atoms with Crippen molar-refractivity contribution in [3.63, 3.8) is 0 Å². The number of rotatable bonds is 5. The highest BCUT2D eigenvalue weighted by molar-refractivity contribution is 6.31. The van der Waals surface area contributed by atoms with E-state index in [9.17, 15) is 9.59 Å². The maximum Gasteiger partial charge on any atom is 0.318 e. The highest BCUT2D eigenvalue weighted by Gasteiger charge is 2.29. The molecule has 1 atom stereocenters. The van der Waals surface area contributed by atoms with Crippen molar-refractivity contribution < 1.29 is 4.79 Å². The van der Waals surface area contributed by atoms with Crippen LogP contribution in [0.3, 0.4) is 0 Å². The fourth-order valence-electron chi connectivity index (χ4n) is 3.84. The first-order chi connectivity index (χ1) is 15.4. The lowest BCUT2D eigenvalue weighted by atomic mass is 10.1. The third-order valence-corrected chi connectivity index (χ3v) is 5.84. The van der Waals surface area contributed by atoms with Crippen molar-refractivity contribution in [2.75, 3.05) is 6.54 Å². The smallest absolute Gasteiger partial charge is 0.318 e. The van der Waals surface area contributed by atoms with Gasteiger partial charge in [0.05, 0.1) is 22.6 Å². The van der Waals surface area contributed by atoms with Gasteiger partial charge < -0.3 is 10.2 Å². The van der Waals surface area contributed by atoms with E-state index in [0.717, 1.165) is 5.56 Å². The summed E-state index contributed by atoms with van der Waals surface area (Å²) < 4.78 is 1.60. The molecule has 176 valence electrons. The molecule has 0 spiro atoms. The molecule has 0 aliphatic rings. The zero-order valence-corrected chi connectivity index (χ0v) is 21.2. The van der Waals surface area contributed by atoms with Gasteiger partial charge in [-0.05, 0) is 70.4 Å². The molecule has 0 aliphatic heterocycles. The topological polar surface area (TPSA) is 67.2 Å². The van der Waals surface area contributed by atoms with Gasteiger partial charge in [-0.2, -0.15) is 0 Å². The van der Waals surface area contributed by atoms with Crippen molar-refractivity contribution in [3.05, 3.63) is 69.2 Å². The molecule has 0 radical (unpaired) electrons.